The van der Waals surface area contributed by atoms with Gasteiger partial charge in [-0.1, -0.05) is 35.6 Å². The summed E-state index contributed by atoms with van der Waals surface area (Å²) in [5.74, 6) is 3.18. The van der Waals surface area contributed by atoms with Gasteiger partial charge in [-0.25, -0.2) is 5.01 Å². The number of rotatable bonds is 1. The van der Waals surface area contributed by atoms with Gasteiger partial charge in [-0.15, -0.1) is 0 Å². The van der Waals surface area contributed by atoms with Gasteiger partial charge in [0, 0.05) is 0 Å². The molecule has 3 heteroatoms. The van der Waals surface area contributed by atoms with E-state index < -0.39 is 0 Å². The molecule has 0 radical (unpaired) electrons. The first-order valence-electron chi connectivity index (χ1n) is 7.35. The van der Waals surface area contributed by atoms with Crippen molar-refractivity contribution < 1.29 is 0 Å². The van der Waals surface area contributed by atoms with Crippen molar-refractivity contribution in [1.82, 2.24) is 0 Å². The van der Waals surface area contributed by atoms with Crippen molar-refractivity contribution >= 4 is 5.69 Å². The van der Waals surface area contributed by atoms with Gasteiger partial charge in [-0.3, -0.25) is 0 Å². The zero-order valence-corrected chi connectivity index (χ0v) is 10.8. The van der Waals surface area contributed by atoms with E-state index in [0.29, 0.717) is 12.1 Å². The maximum absolute atomic E-state index is 4.62. The van der Waals surface area contributed by atoms with Gasteiger partial charge >= 0.3 is 0 Å². The third kappa shape index (κ3) is 1.18. The highest BCUT2D eigenvalue weighted by Gasteiger charge is 2.61. The van der Waals surface area contributed by atoms with Crippen LogP contribution < -0.4 is 5.01 Å². The number of para-hydroxylation sites is 1. The molecule has 4 aliphatic rings. The second-order valence-corrected chi connectivity index (χ2v) is 6.33. The lowest BCUT2D eigenvalue weighted by Crippen LogP contribution is -2.44. The number of benzene rings is 1. The molecule has 1 heterocycles. The van der Waals surface area contributed by atoms with Crippen LogP contribution in [0.25, 0.3) is 0 Å². The van der Waals surface area contributed by atoms with Crippen molar-refractivity contribution in [3.63, 3.8) is 0 Å². The summed E-state index contributed by atoms with van der Waals surface area (Å²) < 4.78 is 0. The number of hydrogen-bond donors (Lipinski definition) is 0. The van der Waals surface area contributed by atoms with Gasteiger partial charge in [0.2, 0.25) is 0 Å². The van der Waals surface area contributed by atoms with Crippen LogP contribution in [0.5, 0.6) is 0 Å². The zero-order valence-electron chi connectivity index (χ0n) is 10.8. The molecule has 0 unspecified atom stereocenters. The quantitative estimate of drug-likeness (QED) is 0.702. The van der Waals surface area contributed by atoms with Gasteiger partial charge in [0.25, 0.3) is 0 Å². The van der Waals surface area contributed by atoms with E-state index in [0.717, 1.165) is 23.7 Å². The molecule has 3 aliphatic carbocycles. The second-order valence-electron chi connectivity index (χ2n) is 6.33. The average Bonchev–Trinajstić information content (AvgIpc) is 3.17. The lowest BCUT2D eigenvalue weighted by Gasteiger charge is -2.35. The molecule has 0 aromatic heterocycles. The van der Waals surface area contributed by atoms with Crippen molar-refractivity contribution in [2.75, 3.05) is 5.01 Å². The molecule has 1 aliphatic heterocycles. The van der Waals surface area contributed by atoms with Gasteiger partial charge in [0.1, 0.15) is 0 Å². The van der Waals surface area contributed by atoms with E-state index in [1.165, 1.54) is 18.5 Å². The van der Waals surface area contributed by atoms with Gasteiger partial charge in [-0.05, 0) is 48.6 Å². The minimum Gasteiger partial charge on any atom is -0.242 e. The zero-order chi connectivity index (χ0) is 12.4. The maximum atomic E-state index is 4.62. The lowest BCUT2D eigenvalue weighted by molar-refractivity contribution is 0.238. The topological polar surface area (TPSA) is 28.0 Å². The Morgan fingerprint density at radius 2 is 1.95 bits per heavy atom. The first kappa shape index (κ1) is 10.2. The molecule has 0 N–H and O–H groups in total. The molecule has 1 aromatic rings. The van der Waals surface area contributed by atoms with Crippen molar-refractivity contribution in [3.05, 3.63) is 42.5 Å². The van der Waals surface area contributed by atoms with Crippen molar-refractivity contribution in [2.45, 2.75) is 24.9 Å². The molecule has 0 spiro atoms. The number of fused-ring (bicyclic) bond motifs is 8. The van der Waals surface area contributed by atoms with Gasteiger partial charge < -0.3 is 0 Å². The third-order valence-corrected chi connectivity index (χ3v) is 5.66. The molecule has 2 bridgehead atoms. The number of anilines is 1. The summed E-state index contributed by atoms with van der Waals surface area (Å²) in [5, 5.41) is 11.3. The highest BCUT2D eigenvalue weighted by Crippen LogP contribution is 2.60. The smallest absolute Gasteiger partial charge is 0.0990 e. The molecule has 0 saturated heterocycles. The SMILES string of the molecule is C1=C[C@@H]2[C@H]3C[C@@H]([C@H]2C1)[C@H]1[C@H]3N=NN1c1ccccc1. The number of allylic oxidation sites excluding steroid dienone is 2. The van der Waals surface area contributed by atoms with E-state index in [4.69, 9.17) is 0 Å². The van der Waals surface area contributed by atoms with Gasteiger partial charge in [-0.2, -0.15) is 5.11 Å². The molecule has 0 amide bonds. The third-order valence-electron chi connectivity index (χ3n) is 5.66. The van der Waals surface area contributed by atoms with Crippen LogP contribution in [0.2, 0.25) is 0 Å². The first-order valence-corrected chi connectivity index (χ1v) is 7.35. The molecule has 19 heavy (non-hydrogen) atoms. The Morgan fingerprint density at radius 1 is 1.05 bits per heavy atom. The Bertz CT molecular complexity index is 565. The van der Waals surface area contributed by atoms with Crippen LogP contribution in [0.1, 0.15) is 12.8 Å². The molecule has 1 aromatic carbocycles. The lowest BCUT2D eigenvalue weighted by atomic mass is 9.76. The van der Waals surface area contributed by atoms with Crippen LogP contribution in [-0.2, 0) is 0 Å². The van der Waals surface area contributed by atoms with Gasteiger partial charge in [0.15, 0.2) is 0 Å². The summed E-state index contributed by atoms with van der Waals surface area (Å²) in [6.45, 7) is 0. The monoisotopic (exact) mass is 251 g/mol. The van der Waals surface area contributed by atoms with Crippen LogP contribution in [0.3, 0.4) is 0 Å². The van der Waals surface area contributed by atoms with E-state index in [1.54, 1.807) is 0 Å². The molecular weight excluding hydrogens is 234 g/mol. The summed E-state index contributed by atoms with van der Waals surface area (Å²) in [4.78, 5) is 0. The summed E-state index contributed by atoms with van der Waals surface area (Å²) in [5.41, 5.74) is 1.20. The van der Waals surface area contributed by atoms with Crippen LogP contribution in [-0.4, -0.2) is 12.1 Å². The molecule has 2 fully saturated rings. The molecule has 96 valence electrons. The van der Waals surface area contributed by atoms with Crippen molar-refractivity contribution in [1.29, 1.82) is 0 Å². The fourth-order valence-corrected chi connectivity index (χ4v) is 4.99. The Hall–Kier alpha value is -1.64. The Labute approximate surface area is 113 Å². The second kappa shape index (κ2) is 3.47. The Morgan fingerprint density at radius 3 is 2.84 bits per heavy atom. The Balaban J connectivity index is 1.53. The summed E-state index contributed by atoms with van der Waals surface area (Å²) in [6, 6.07) is 11.5. The minimum atomic E-state index is 0.439. The average molecular weight is 251 g/mol. The normalized spacial score (nSPS) is 44.9. The fraction of sp³-hybridized carbons (Fsp3) is 0.500. The van der Waals surface area contributed by atoms with Crippen molar-refractivity contribution in [3.8, 4) is 0 Å². The predicted octanol–water partition coefficient (Wildman–Crippen LogP) is 3.45. The minimum absolute atomic E-state index is 0.439. The summed E-state index contributed by atoms with van der Waals surface area (Å²) >= 11 is 0. The highest BCUT2D eigenvalue weighted by atomic mass is 15.6. The largest absolute Gasteiger partial charge is 0.242 e. The van der Waals surface area contributed by atoms with E-state index in [-0.39, 0.29) is 0 Å². The van der Waals surface area contributed by atoms with E-state index in [1.807, 2.05) is 0 Å². The molecule has 5 rings (SSSR count). The molecular formula is C16H17N3. The summed E-state index contributed by atoms with van der Waals surface area (Å²) in [7, 11) is 0. The van der Waals surface area contributed by atoms with Crippen LogP contribution in [0.4, 0.5) is 5.69 Å². The van der Waals surface area contributed by atoms with Crippen LogP contribution in [0, 0.1) is 23.7 Å². The van der Waals surface area contributed by atoms with E-state index >= 15 is 0 Å². The molecule has 2 saturated carbocycles. The standard InChI is InChI=1S/C16H17N3/c1-2-5-10(6-3-1)19-16-14-9-13(15(16)17-18-19)11-7-4-8-12(11)14/h1-7,11-16H,8-9H2/t11-,12-,13+,14-,15-,16-/m0/s1. The van der Waals surface area contributed by atoms with Gasteiger partial charge in [0.05, 0.1) is 17.8 Å². The van der Waals surface area contributed by atoms with Crippen LogP contribution in [0.15, 0.2) is 52.8 Å². The number of nitrogens with zero attached hydrogens (tertiary/aromatic N) is 3. The first-order chi connectivity index (χ1) is 9.43. The molecule has 3 nitrogen and oxygen atoms in total. The highest BCUT2D eigenvalue weighted by molar-refractivity contribution is 5.48. The Kier molecular flexibility index (Phi) is 1.86. The predicted molar refractivity (Wildman–Crippen MR) is 73.7 cm³/mol. The van der Waals surface area contributed by atoms with E-state index in [2.05, 4.69) is 57.8 Å². The molecule has 6 atom stereocenters. The maximum Gasteiger partial charge on any atom is 0.0990 e. The summed E-state index contributed by atoms with van der Waals surface area (Å²) in [6.07, 6.45) is 7.47. The van der Waals surface area contributed by atoms with Crippen LogP contribution >= 0.6 is 0 Å². The fourth-order valence-electron chi connectivity index (χ4n) is 4.99. The van der Waals surface area contributed by atoms with E-state index in [9.17, 15) is 0 Å². The van der Waals surface area contributed by atoms with Crippen molar-refractivity contribution in [2.24, 2.45) is 34.0 Å². The number of hydrogen-bond acceptors (Lipinski definition) is 3.